The maximum absolute atomic E-state index is 12.6. The van der Waals surface area contributed by atoms with E-state index in [4.69, 9.17) is 4.74 Å². The highest BCUT2D eigenvalue weighted by molar-refractivity contribution is 5.92. The van der Waals surface area contributed by atoms with E-state index in [-0.39, 0.29) is 18.5 Å². The van der Waals surface area contributed by atoms with Gasteiger partial charge in [-0.05, 0) is 32.3 Å². The smallest absolute Gasteiger partial charge is 0.317 e. The minimum absolute atomic E-state index is 0.0106. The Bertz CT molecular complexity index is 995. The molecule has 1 spiro atoms. The van der Waals surface area contributed by atoms with E-state index in [1.807, 2.05) is 16.5 Å². The topological polar surface area (TPSA) is 119 Å². The van der Waals surface area contributed by atoms with Crippen molar-refractivity contribution < 1.29 is 14.3 Å². The molecule has 11 nitrogen and oxygen atoms in total. The van der Waals surface area contributed by atoms with Crippen LogP contribution >= 0.6 is 0 Å². The summed E-state index contributed by atoms with van der Waals surface area (Å²) in [5, 5.41) is 18.8. The number of carbonyl (C=O) groups excluding carboxylic acids is 2. The number of hydrogen-bond acceptors (Lipinski definition) is 6. The fraction of sp³-hybridized carbons (Fsp3) is 0.667. The van der Waals surface area contributed by atoms with Gasteiger partial charge in [0.2, 0.25) is 0 Å². The number of nitrogens with zero attached hydrogens (tertiary/aromatic N) is 6. The normalized spacial score (nSPS) is 23.0. The molecule has 2 aliphatic heterocycles. The summed E-state index contributed by atoms with van der Waals surface area (Å²) in [4.78, 5) is 27.0. The van der Waals surface area contributed by atoms with Gasteiger partial charge in [0.1, 0.15) is 17.0 Å². The van der Waals surface area contributed by atoms with Crippen molar-refractivity contribution >= 4 is 11.9 Å². The summed E-state index contributed by atoms with van der Waals surface area (Å²) in [6.45, 7) is 4.99. The zero-order valence-electron chi connectivity index (χ0n) is 18.4. The lowest BCUT2D eigenvalue weighted by Crippen LogP contribution is -2.48. The van der Waals surface area contributed by atoms with Crippen LogP contribution in [0.15, 0.2) is 12.3 Å². The third-order valence-corrected chi connectivity index (χ3v) is 6.82. The molecule has 11 heteroatoms. The molecule has 4 heterocycles. The SMILES string of the molecule is CCn1nccc1C(=O)NCc1nnn2c1COC1(CCN(C(=O)NC3CCCC3)C1)C2. The van der Waals surface area contributed by atoms with Crippen LogP contribution in [-0.4, -0.2) is 66.3 Å². The first kappa shape index (κ1) is 20.9. The average Bonchev–Trinajstić information content (AvgIpc) is 3.59. The Morgan fingerprint density at radius 2 is 2.12 bits per heavy atom. The molecule has 0 aromatic carbocycles. The fourth-order valence-electron chi connectivity index (χ4n) is 4.96. The first-order valence-electron chi connectivity index (χ1n) is 11.5. The zero-order valence-corrected chi connectivity index (χ0v) is 18.4. The van der Waals surface area contributed by atoms with Crippen molar-refractivity contribution in [3.05, 3.63) is 29.3 Å². The van der Waals surface area contributed by atoms with Gasteiger partial charge in [-0.15, -0.1) is 5.10 Å². The van der Waals surface area contributed by atoms with Gasteiger partial charge in [-0.1, -0.05) is 18.1 Å². The summed E-state index contributed by atoms with van der Waals surface area (Å²) in [6.07, 6.45) is 6.92. The van der Waals surface area contributed by atoms with Crippen molar-refractivity contribution in [1.29, 1.82) is 0 Å². The van der Waals surface area contributed by atoms with E-state index in [9.17, 15) is 9.59 Å². The molecule has 2 fully saturated rings. The summed E-state index contributed by atoms with van der Waals surface area (Å²) in [5.41, 5.74) is 1.66. The summed E-state index contributed by atoms with van der Waals surface area (Å²) in [5.74, 6) is -0.195. The van der Waals surface area contributed by atoms with Crippen molar-refractivity contribution in [2.45, 2.75) is 76.9 Å². The van der Waals surface area contributed by atoms with Crippen LogP contribution in [-0.2, 0) is 31.0 Å². The number of nitrogens with one attached hydrogen (secondary N) is 2. The second-order valence-corrected chi connectivity index (χ2v) is 8.93. The molecular weight excluding hydrogens is 412 g/mol. The van der Waals surface area contributed by atoms with Crippen LogP contribution < -0.4 is 10.6 Å². The molecule has 2 aromatic heterocycles. The summed E-state index contributed by atoms with van der Waals surface area (Å²) >= 11 is 0. The predicted molar refractivity (Wildman–Crippen MR) is 114 cm³/mol. The number of likely N-dealkylation sites (tertiary alicyclic amines) is 1. The molecule has 1 unspecified atom stereocenters. The molecule has 1 saturated carbocycles. The molecule has 3 amide bonds. The van der Waals surface area contributed by atoms with Crippen LogP contribution in [0.5, 0.6) is 0 Å². The van der Waals surface area contributed by atoms with Crippen LogP contribution in [0.4, 0.5) is 4.79 Å². The lowest BCUT2D eigenvalue weighted by atomic mass is 10.0. The number of amides is 3. The van der Waals surface area contributed by atoms with Crippen molar-refractivity contribution in [3.8, 4) is 0 Å². The summed E-state index contributed by atoms with van der Waals surface area (Å²) in [7, 11) is 0. The standard InChI is InChI=1S/C21H30N8O3/c1-2-28-17(7-9-23-28)19(30)22-11-16-18-12-32-21(14-29(18)26-25-16)8-10-27(13-21)20(31)24-15-5-3-4-6-15/h7,9,15H,2-6,8,10-14H2,1H3,(H,22,30)(H,24,31). The average molecular weight is 443 g/mol. The molecule has 0 radical (unpaired) electrons. The van der Waals surface area contributed by atoms with Gasteiger partial charge < -0.3 is 20.3 Å². The second-order valence-electron chi connectivity index (χ2n) is 8.93. The van der Waals surface area contributed by atoms with E-state index in [1.165, 1.54) is 12.8 Å². The van der Waals surface area contributed by atoms with E-state index in [1.54, 1.807) is 16.9 Å². The van der Waals surface area contributed by atoms with Crippen molar-refractivity contribution in [1.82, 2.24) is 40.3 Å². The van der Waals surface area contributed by atoms with Gasteiger partial charge >= 0.3 is 6.03 Å². The molecule has 1 atom stereocenters. The Kier molecular flexibility index (Phi) is 5.58. The Labute approximate surface area is 186 Å². The lowest BCUT2D eigenvalue weighted by Gasteiger charge is -2.34. The van der Waals surface area contributed by atoms with Gasteiger partial charge in [-0.2, -0.15) is 5.10 Å². The molecule has 32 heavy (non-hydrogen) atoms. The number of carbonyl (C=O) groups is 2. The number of aromatic nitrogens is 5. The molecule has 2 N–H and O–H groups in total. The molecule has 3 aliphatic rings. The van der Waals surface area contributed by atoms with Crippen LogP contribution in [0.3, 0.4) is 0 Å². The lowest BCUT2D eigenvalue weighted by molar-refractivity contribution is -0.0824. The number of aryl methyl sites for hydroxylation is 1. The van der Waals surface area contributed by atoms with Crippen molar-refractivity contribution in [2.75, 3.05) is 13.1 Å². The summed E-state index contributed by atoms with van der Waals surface area (Å²) < 4.78 is 9.78. The molecule has 172 valence electrons. The van der Waals surface area contributed by atoms with Crippen LogP contribution in [0, 0.1) is 0 Å². The number of fused-ring (bicyclic) bond motifs is 1. The van der Waals surface area contributed by atoms with E-state index >= 15 is 0 Å². The second kappa shape index (κ2) is 8.53. The molecule has 1 saturated heterocycles. The molecule has 1 aliphatic carbocycles. The largest absolute Gasteiger partial charge is 0.365 e. The monoisotopic (exact) mass is 442 g/mol. The minimum atomic E-state index is -0.429. The van der Waals surface area contributed by atoms with Gasteiger partial charge in [0.25, 0.3) is 5.91 Å². The van der Waals surface area contributed by atoms with Crippen LogP contribution in [0.25, 0.3) is 0 Å². The first-order valence-corrected chi connectivity index (χ1v) is 11.5. The maximum atomic E-state index is 12.6. The van der Waals surface area contributed by atoms with E-state index < -0.39 is 5.60 Å². The Balaban J connectivity index is 1.18. The molecular formula is C21H30N8O3. The zero-order chi connectivity index (χ0) is 22.1. The van der Waals surface area contributed by atoms with Crippen LogP contribution in [0.1, 0.15) is 60.9 Å². The Morgan fingerprint density at radius 3 is 2.94 bits per heavy atom. The van der Waals surface area contributed by atoms with Crippen molar-refractivity contribution in [2.24, 2.45) is 0 Å². The van der Waals surface area contributed by atoms with Gasteiger partial charge in [0.05, 0.1) is 31.9 Å². The number of urea groups is 1. The third-order valence-electron chi connectivity index (χ3n) is 6.82. The van der Waals surface area contributed by atoms with Gasteiger partial charge in [-0.3, -0.25) is 9.48 Å². The Morgan fingerprint density at radius 1 is 1.28 bits per heavy atom. The molecule has 5 rings (SSSR count). The third kappa shape index (κ3) is 3.96. The highest BCUT2D eigenvalue weighted by Gasteiger charge is 2.45. The number of rotatable bonds is 5. The number of hydrogen-bond donors (Lipinski definition) is 2. The van der Waals surface area contributed by atoms with E-state index in [0.29, 0.717) is 50.2 Å². The summed E-state index contributed by atoms with van der Waals surface area (Å²) in [6, 6.07) is 2.01. The fourth-order valence-corrected chi connectivity index (χ4v) is 4.96. The van der Waals surface area contributed by atoms with Gasteiger partial charge in [0, 0.05) is 25.3 Å². The highest BCUT2D eigenvalue weighted by Crippen LogP contribution is 2.33. The molecule has 0 bridgehead atoms. The van der Waals surface area contributed by atoms with E-state index in [2.05, 4.69) is 26.0 Å². The highest BCUT2D eigenvalue weighted by atomic mass is 16.5. The predicted octanol–water partition coefficient (Wildman–Crippen LogP) is 1.05. The quantitative estimate of drug-likeness (QED) is 0.714. The first-order chi connectivity index (χ1) is 15.6. The van der Waals surface area contributed by atoms with E-state index in [0.717, 1.165) is 25.0 Å². The van der Waals surface area contributed by atoms with Gasteiger partial charge in [-0.25, -0.2) is 9.48 Å². The van der Waals surface area contributed by atoms with Crippen LogP contribution in [0.2, 0.25) is 0 Å². The Hall–Kier alpha value is -2.95. The minimum Gasteiger partial charge on any atom is -0.365 e. The van der Waals surface area contributed by atoms with Crippen molar-refractivity contribution in [3.63, 3.8) is 0 Å². The van der Waals surface area contributed by atoms with Gasteiger partial charge in [0.15, 0.2) is 0 Å². The maximum Gasteiger partial charge on any atom is 0.317 e. The molecule has 2 aromatic rings. The number of ether oxygens (including phenoxy) is 1.